The van der Waals surface area contributed by atoms with E-state index in [1.807, 2.05) is 0 Å². The van der Waals surface area contributed by atoms with Gasteiger partial charge in [-0.2, -0.15) is 0 Å². The molecule has 0 aromatic heterocycles. The van der Waals surface area contributed by atoms with E-state index in [4.69, 9.17) is 0 Å². The summed E-state index contributed by atoms with van der Waals surface area (Å²) < 4.78 is 0. The summed E-state index contributed by atoms with van der Waals surface area (Å²) in [4.78, 5) is 0. The summed E-state index contributed by atoms with van der Waals surface area (Å²) in [7, 11) is 0. The third-order valence-corrected chi connectivity index (χ3v) is 4.81. The highest BCUT2D eigenvalue weighted by molar-refractivity contribution is 5.56. The Morgan fingerprint density at radius 2 is 2.00 bits per heavy atom. The number of rotatable bonds is 2. The van der Waals surface area contributed by atoms with Gasteiger partial charge in [0.2, 0.25) is 0 Å². The smallest absolute Gasteiger partial charge is 0.0375 e. The highest BCUT2D eigenvalue weighted by Crippen LogP contribution is 2.39. The van der Waals surface area contributed by atoms with Crippen molar-refractivity contribution in [1.29, 1.82) is 0 Å². The molecule has 0 amide bonds. The van der Waals surface area contributed by atoms with Crippen LogP contribution in [0.15, 0.2) is 24.3 Å². The average molecular weight is 229 g/mol. The van der Waals surface area contributed by atoms with E-state index in [9.17, 15) is 0 Å². The zero-order valence-corrected chi connectivity index (χ0v) is 10.8. The predicted octanol–water partition coefficient (Wildman–Crippen LogP) is 4.24. The molecule has 1 heterocycles. The molecule has 3 atom stereocenters. The summed E-state index contributed by atoms with van der Waals surface area (Å²) >= 11 is 0. The molecule has 1 N–H and O–H groups in total. The van der Waals surface area contributed by atoms with Crippen molar-refractivity contribution in [3.05, 3.63) is 29.8 Å². The first-order valence-corrected chi connectivity index (χ1v) is 7.23. The second-order valence-corrected chi connectivity index (χ2v) is 5.73. The van der Waals surface area contributed by atoms with Gasteiger partial charge in [0.05, 0.1) is 0 Å². The van der Waals surface area contributed by atoms with Crippen molar-refractivity contribution in [3.8, 4) is 0 Å². The molecule has 2 aliphatic rings. The molecule has 1 aromatic rings. The minimum atomic E-state index is 0.706. The van der Waals surface area contributed by atoms with E-state index in [1.54, 1.807) is 0 Å². The molecule has 0 radical (unpaired) electrons. The molecule has 1 aliphatic carbocycles. The van der Waals surface area contributed by atoms with Gasteiger partial charge in [0.1, 0.15) is 0 Å². The Kier molecular flexibility index (Phi) is 3.09. The molecule has 3 unspecified atom stereocenters. The topological polar surface area (TPSA) is 12.0 Å². The summed E-state index contributed by atoms with van der Waals surface area (Å²) in [5.74, 6) is 1.86. The molecule has 0 spiro atoms. The normalized spacial score (nSPS) is 31.9. The van der Waals surface area contributed by atoms with Gasteiger partial charge >= 0.3 is 0 Å². The van der Waals surface area contributed by atoms with Gasteiger partial charge in [-0.15, -0.1) is 0 Å². The van der Waals surface area contributed by atoms with Crippen molar-refractivity contribution in [2.45, 2.75) is 51.5 Å². The number of nitrogens with one attached hydrogen (secondary N) is 1. The van der Waals surface area contributed by atoms with E-state index in [2.05, 4.69) is 36.5 Å². The van der Waals surface area contributed by atoms with Crippen LogP contribution in [0, 0.1) is 11.8 Å². The number of para-hydroxylation sites is 1. The van der Waals surface area contributed by atoms with E-state index in [0.29, 0.717) is 6.04 Å². The Morgan fingerprint density at radius 1 is 1.18 bits per heavy atom. The number of benzene rings is 1. The summed E-state index contributed by atoms with van der Waals surface area (Å²) in [6.07, 6.45) is 8.39. The Morgan fingerprint density at radius 3 is 2.82 bits per heavy atom. The summed E-state index contributed by atoms with van der Waals surface area (Å²) in [6.45, 7) is 2.37. The molecule has 1 saturated carbocycles. The maximum Gasteiger partial charge on any atom is 0.0375 e. The molecular formula is C16H23N. The molecule has 1 aliphatic heterocycles. The fraction of sp³-hybridized carbons (Fsp3) is 0.625. The van der Waals surface area contributed by atoms with E-state index >= 15 is 0 Å². The Labute approximate surface area is 105 Å². The van der Waals surface area contributed by atoms with Crippen LogP contribution < -0.4 is 5.32 Å². The highest BCUT2D eigenvalue weighted by Gasteiger charge is 2.33. The van der Waals surface area contributed by atoms with Gasteiger partial charge in [-0.3, -0.25) is 0 Å². The Bertz CT molecular complexity index is 360. The van der Waals surface area contributed by atoms with E-state index < -0.39 is 0 Å². The van der Waals surface area contributed by atoms with Crippen LogP contribution in [-0.4, -0.2) is 6.04 Å². The maximum atomic E-state index is 3.77. The molecular weight excluding hydrogens is 206 g/mol. The van der Waals surface area contributed by atoms with Crippen LogP contribution in [0.25, 0.3) is 0 Å². The van der Waals surface area contributed by atoms with E-state index in [-0.39, 0.29) is 0 Å². The number of hydrogen-bond donors (Lipinski definition) is 1. The first kappa shape index (κ1) is 11.1. The predicted molar refractivity (Wildman–Crippen MR) is 73.3 cm³/mol. The van der Waals surface area contributed by atoms with Gasteiger partial charge < -0.3 is 5.32 Å². The monoisotopic (exact) mass is 229 g/mol. The molecule has 1 nitrogen and oxygen atoms in total. The van der Waals surface area contributed by atoms with Crippen molar-refractivity contribution >= 4 is 5.69 Å². The quantitative estimate of drug-likeness (QED) is 0.800. The van der Waals surface area contributed by atoms with Crippen molar-refractivity contribution in [2.75, 3.05) is 5.32 Å². The van der Waals surface area contributed by atoms with E-state index in [0.717, 1.165) is 11.8 Å². The third-order valence-electron chi connectivity index (χ3n) is 4.81. The van der Waals surface area contributed by atoms with Crippen LogP contribution in [0.2, 0.25) is 0 Å². The largest absolute Gasteiger partial charge is 0.381 e. The average Bonchev–Trinajstić information content (AvgIpc) is 2.82. The minimum absolute atomic E-state index is 0.706. The van der Waals surface area contributed by atoms with Crippen molar-refractivity contribution in [1.82, 2.24) is 0 Å². The zero-order chi connectivity index (χ0) is 11.7. The molecule has 3 rings (SSSR count). The molecule has 1 heteroatoms. The standard InChI is InChI=1S/C16H23N/c1-2-12-7-3-5-9-14(12)16-11-13-8-4-6-10-15(13)17-16/h4,6,8,10,12,14,16-17H,2-3,5,7,9,11H2,1H3. The lowest BCUT2D eigenvalue weighted by Crippen LogP contribution is -2.34. The number of hydrogen-bond acceptors (Lipinski definition) is 1. The van der Waals surface area contributed by atoms with Gasteiger partial charge in [0.25, 0.3) is 0 Å². The van der Waals surface area contributed by atoms with Gasteiger partial charge in [-0.1, -0.05) is 50.8 Å². The fourth-order valence-corrected chi connectivity index (χ4v) is 3.86. The van der Waals surface area contributed by atoms with Gasteiger partial charge in [-0.05, 0) is 36.3 Å². The van der Waals surface area contributed by atoms with Crippen LogP contribution in [0.5, 0.6) is 0 Å². The van der Waals surface area contributed by atoms with Crippen LogP contribution in [-0.2, 0) is 6.42 Å². The van der Waals surface area contributed by atoms with Gasteiger partial charge in [0.15, 0.2) is 0 Å². The van der Waals surface area contributed by atoms with Crippen molar-refractivity contribution in [2.24, 2.45) is 11.8 Å². The molecule has 1 aromatic carbocycles. The Hall–Kier alpha value is -0.980. The van der Waals surface area contributed by atoms with Crippen LogP contribution in [0.1, 0.15) is 44.6 Å². The van der Waals surface area contributed by atoms with E-state index in [1.165, 1.54) is 49.8 Å². The summed E-state index contributed by atoms with van der Waals surface area (Å²) in [6, 6.07) is 9.54. The first-order valence-electron chi connectivity index (χ1n) is 7.23. The number of fused-ring (bicyclic) bond motifs is 1. The maximum absolute atomic E-state index is 3.77. The second-order valence-electron chi connectivity index (χ2n) is 5.73. The lowest BCUT2D eigenvalue weighted by Gasteiger charge is -2.35. The highest BCUT2D eigenvalue weighted by atomic mass is 15.0. The summed E-state index contributed by atoms with van der Waals surface area (Å²) in [5, 5.41) is 3.77. The second kappa shape index (κ2) is 4.72. The SMILES string of the molecule is CCC1CCCCC1C1Cc2ccccc2N1. The lowest BCUT2D eigenvalue weighted by molar-refractivity contribution is 0.206. The lowest BCUT2D eigenvalue weighted by atomic mass is 9.73. The molecule has 0 bridgehead atoms. The van der Waals surface area contributed by atoms with Crippen LogP contribution in [0.4, 0.5) is 5.69 Å². The zero-order valence-electron chi connectivity index (χ0n) is 10.8. The van der Waals surface area contributed by atoms with Gasteiger partial charge in [-0.25, -0.2) is 0 Å². The molecule has 17 heavy (non-hydrogen) atoms. The molecule has 1 fully saturated rings. The minimum Gasteiger partial charge on any atom is -0.381 e. The summed E-state index contributed by atoms with van der Waals surface area (Å²) in [5.41, 5.74) is 2.91. The first-order chi connectivity index (χ1) is 8.38. The number of anilines is 1. The van der Waals surface area contributed by atoms with Crippen LogP contribution in [0.3, 0.4) is 0 Å². The van der Waals surface area contributed by atoms with Crippen molar-refractivity contribution < 1.29 is 0 Å². The van der Waals surface area contributed by atoms with Crippen LogP contribution >= 0.6 is 0 Å². The van der Waals surface area contributed by atoms with Crippen molar-refractivity contribution in [3.63, 3.8) is 0 Å². The molecule has 0 saturated heterocycles. The Balaban J connectivity index is 1.74. The third kappa shape index (κ3) is 2.08. The van der Waals surface area contributed by atoms with Gasteiger partial charge in [0, 0.05) is 11.7 Å². The molecule has 92 valence electrons. The fourth-order valence-electron chi connectivity index (χ4n) is 3.86.